The summed E-state index contributed by atoms with van der Waals surface area (Å²) in [5.74, 6) is 0.553. The SMILES string of the molecule is CC(NCCC1CCCCC1)c1ccc(C(=O)O)o1. The number of furan rings is 1. The van der Waals surface area contributed by atoms with Crippen LogP contribution in [0.1, 0.15) is 67.8 Å². The van der Waals surface area contributed by atoms with Gasteiger partial charge >= 0.3 is 5.97 Å². The maximum absolute atomic E-state index is 10.7. The van der Waals surface area contributed by atoms with Crippen molar-refractivity contribution < 1.29 is 14.3 Å². The van der Waals surface area contributed by atoms with Crippen molar-refractivity contribution in [3.63, 3.8) is 0 Å². The van der Waals surface area contributed by atoms with Crippen LogP contribution in [-0.4, -0.2) is 17.6 Å². The number of nitrogens with one attached hydrogen (secondary N) is 1. The summed E-state index contributed by atoms with van der Waals surface area (Å²) in [5, 5.41) is 12.2. The number of carbonyl (C=O) groups is 1. The minimum absolute atomic E-state index is 0.0101. The molecule has 0 amide bonds. The summed E-state index contributed by atoms with van der Waals surface area (Å²) >= 11 is 0. The number of hydrogen-bond donors (Lipinski definition) is 2. The van der Waals surface area contributed by atoms with E-state index < -0.39 is 5.97 Å². The first-order valence-corrected chi connectivity index (χ1v) is 7.23. The van der Waals surface area contributed by atoms with E-state index in [1.54, 1.807) is 6.07 Å². The number of carboxylic acids is 1. The zero-order valence-corrected chi connectivity index (χ0v) is 11.5. The minimum Gasteiger partial charge on any atom is -0.475 e. The number of aromatic carboxylic acids is 1. The van der Waals surface area contributed by atoms with E-state index in [0.29, 0.717) is 5.76 Å². The monoisotopic (exact) mass is 265 g/mol. The average molecular weight is 265 g/mol. The van der Waals surface area contributed by atoms with Gasteiger partial charge in [0.05, 0.1) is 6.04 Å². The van der Waals surface area contributed by atoms with Gasteiger partial charge in [-0.2, -0.15) is 0 Å². The van der Waals surface area contributed by atoms with Crippen molar-refractivity contribution in [3.05, 3.63) is 23.7 Å². The quantitative estimate of drug-likeness (QED) is 0.825. The van der Waals surface area contributed by atoms with Crippen LogP contribution in [0, 0.1) is 5.92 Å². The Morgan fingerprint density at radius 1 is 1.42 bits per heavy atom. The van der Waals surface area contributed by atoms with E-state index in [1.165, 1.54) is 44.6 Å². The van der Waals surface area contributed by atoms with E-state index in [2.05, 4.69) is 5.32 Å². The van der Waals surface area contributed by atoms with Crippen molar-refractivity contribution in [1.82, 2.24) is 5.32 Å². The van der Waals surface area contributed by atoms with E-state index in [4.69, 9.17) is 9.52 Å². The minimum atomic E-state index is -1.01. The van der Waals surface area contributed by atoms with Crippen LogP contribution in [0.4, 0.5) is 0 Å². The normalized spacial score (nSPS) is 18.4. The van der Waals surface area contributed by atoms with Gasteiger partial charge in [-0.15, -0.1) is 0 Å². The number of hydrogen-bond acceptors (Lipinski definition) is 3. The molecule has 1 unspecified atom stereocenters. The fourth-order valence-corrected chi connectivity index (χ4v) is 2.78. The van der Waals surface area contributed by atoms with Gasteiger partial charge in [-0.3, -0.25) is 0 Å². The molecule has 4 nitrogen and oxygen atoms in total. The van der Waals surface area contributed by atoms with Gasteiger partial charge in [0.1, 0.15) is 5.76 Å². The fourth-order valence-electron chi connectivity index (χ4n) is 2.78. The standard InChI is InChI=1S/C15H23NO3/c1-11(13-7-8-14(19-13)15(17)18)16-10-9-12-5-3-2-4-6-12/h7-8,11-12,16H,2-6,9-10H2,1H3,(H,17,18). The van der Waals surface area contributed by atoms with Crippen LogP contribution >= 0.6 is 0 Å². The summed E-state index contributed by atoms with van der Waals surface area (Å²) in [6.45, 7) is 2.97. The fraction of sp³-hybridized carbons (Fsp3) is 0.667. The molecule has 4 heteroatoms. The highest BCUT2D eigenvalue weighted by molar-refractivity contribution is 5.84. The van der Waals surface area contributed by atoms with E-state index >= 15 is 0 Å². The first-order valence-electron chi connectivity index (χ1n) is 7.23. The molecule has 2 N–H and O–H groups in total. The number of carboxylic acid groups (broad SMARTS) is 1. The van der Waals surface area contributed by atoms with E-state index in [1.807, 2.05) is 6.92 Å². The zero-order chi connectivity index (χ0) is 13.7. The van der Waals surface area contributed by atoms with Gasteiger partial charge in [0.15, 0.2) is 0 Å². The second-order valence-corrected chi connectivity index (χ2v) is 5.48. The van der Waals surface area contributed by atoms with Crippen molar-refractivity contribution in [2.75, 3.05) is 6.54 Å². The van der Waals surface area contributed by atoms with Crippen LogP contribution in [0.15, 0.2) is 16.5 Å². The van der Waals surface area contributed by atoms with Gasteiger partial charge in [-0.1, -0.05) is 32.1 Å². The van der Waals surface area contributed by atoms with Crippen LogP contribution in [0.5, 0.6) is 0 Å². The zero-order valence-electron chi connectivity index (χ0n) is 11.5. The Hall–Kier alpha value is -1.29. The second-order valence-electron chi connectivity index (χ2n) is 5.48. The summed E-state index contributed by atoms with van der Waals surface area (Å²) in [6.07, 6.45) is 8.07. The predicted octanol–water partition coefficient (Wildman–Crippen LogP) is 3.60. The Balaban J connectivity index is 1.73. The van der Waals surface area contributed by atoms with Gasteiger partial charge in [-0.05, 0) is 37.9 Å². The van der Waals surface area contributed by atoms with Crippen molar-refractivity contribution in [2.24, 2.45) is 5.92 Å². The molecule has 0 bridgehead atoms. The molecule has 1 atom stereocenters. The predicted molar refractivity (Wildman–Crippen MR) is 73.3 cm³/mol. The third-order valence-corrected chi connectivity index (χ3v) is 3.99. The molecule has 19 heavy (non-hydrogen) atoms. The average Bonchev–Trinajstić information content (AvgIpc) is 2.89. The van der Waals surface area contributed by atoms with Crippen LogP contribution in [0.3, 0.4) is 0 Å². The summed E-state index contributed by atoms with van der Waals surface area (Å²) < 4.78 is 5.29. The molecule has 0 radical (unpaired) electrons. The molecule has 1 aliphatic rings. The molecule has 1 saturated carbocycles. The molecule has 1 aliphatic carbocycles. The largest absolute Gasteiger partial charge is 0.475 e. The van der Waals surface area contributed by atoms with Crippen molar-refractivity contribution in [3.8, 4) is 0 Å². The Labute approximate surface area is 114 Å². The Kier molecular flexibility index (Phi) is 5.02. The molecule has 106 valence electrons. The van der Waals surface area contributed by atoms with Crippen molar-refractivity contribution in [1.29, 1.82) is 0 Å². The molecule has 1 heterocycles. The molecule has 0 saturated heterocycles. The summed E-state index contributed by atoms with van der Waals surface area (Å²) in [5.41, 5.74) is 0. The highest BCUT2D eigenvalue weighted by Crippen LogP contribution is 2.26. The smallest absolute Gasteiger partial charge is 0.371 e. The maximum Gasteiger partial charge on any atom is 0.371 e. The van der Waals surface area contributed by atoms with Gasteiger partial charge in [-0.25, -0.2) is 4.79 Å². The molecular weight excluding hydrogens is 242 g/mol. The number of rotatable bonds is 6. The third-order valence-electron chi connectivity index (χ3n) is 3.99. The summed E-state index contributed by atoms with van der Waals surface area (Å²) in [6, 6.07) is 3.32. The summed E-state index contributed by atoms with van der Waals surface area (Å²) in [7, 11) is 0. The lowest BCUT2D eigenvalue weighted by Gasteiger charge is -2.22. The second kappa shape index (κ2) is 6.75. The topological polar surface area (TPSA) is 62.5 Å². The molecule has 1 fully saturated rings. The van der Waals surface area contributed by atoms with E-state index in [-0.39, 0.29) is 11.8 Å². The molecular formula is C15H23NO3. The highest BCUT2D eigenvalue weighted by Gasteiger charge is 2.16. The van der Waals surface area contributed by atoms with E-state index in [0.717, 1.165) is 12.5 Å². The lowest BCUT2D eigenvalue weighted by atomic mass is 9.87. The lowest BCUT2D eigenvalue weighted by molar-refractivity contribution is 0.0659. The van der Waals surface area contributed by atoms with Gasteiger partial charge < -0.3 is 14.8 Å². The first-order chi connectivity index (χ1) is 9.16. The van der Waals surface area contributed by atoms with Gasteiger partial charge in [0.2, 0.25) is 5.76 Å². The van der Waals surface area contributed by atoms with Gasteiger partial charge in [0.25, 0.3) is 0 Å². The highest BCUT2D eigenvalue weighted by atomic mass is 16.4. The lowest BCUT2D eigenvalue weighted by Crippen LogP contribution is -2.22. The van der Waals surface area contributed by atoms with Crippen LogP contribution < -0.4 is 5.32 Å². The molecule has 0 aromatic carbocycles. The Bertz CT molecular complexity index is 407. The molecule has 1 aromatic heterocycles. The molecule has 0 spiro atoms. The molecule has 1 aromatic rings. The van der Waals surface area contributed by atoms with Gasteiger partial charge in [0, 0.05) is 0 Å². The van der Waals surface area contributed by atoms with Crippen molar-refractivity contribution in [2.45, 2.75) is 51.5 Å². The molecule has 2 rings (SSSR count). The third kappa shape index (κ3) is 4.10. The maximum atomic E-state index is 10.7. The van der Waals surface area contributed by atoms with Crippen LogP contribution in [0.25, 0.3) is 0 Å². The summed E-state index contributed by atoms with van der Waals surface area (Å²) in [4.78, 5) is 10.7. The van der Waals surface area contributed by atoms with Crippen LogP contribution in [-0.2, 0) is 0 Å². The van der Waals surface area contributed by atoms with Crippen LogP contribution in [0.2, 0.25) is 0 Å². The van der Waals surface area contributed by atoms with Crippen molar-refractivity contribution >= 4 is 5.97 Å². The molecule has 0 aliphatic heterocycles. The Morgan fingerprint density at radius 3 is 2.79 bits per heavy atom. The Morgan fingerprint density at radius 2 is 2.16 bits per heavy atom. The first kappa shape index (κ1) is 14.1. The van der Waals surface area contributed by atoms with E-state index in [9.17, 15) is 4.79 Å².